The molecule has 0 aliphatic heterocycles. The van der Waals surface area contributed by atoms with Gasteiger partial charge in [-0.1, -0.05) is 37.3 Å². The van der Waals surface area contributed by atoms with E-state index in [1.807, 2.05) is 44.2 Å². The van der Waals surface area contributed by atoms with Crippen molar-refractivity contribution in [1.29, 1.82) is 0 Å². The topological polar surface area (TPSA) is 85.8 Å². The normalized spacial score (nSPS) is 19.0. The third-order valence-corrected chi connectivity index (χ3v) is 4.71. The van der Waals surface area contributed by atoms with Crippen LogP contribution in [0.2, 0.25) is 0 Å². The van der Waals surface area contributed by atoms with Gasteiger partial charge in [0.1, 0.15) is 11.7 Å². The van der Waals surface area contributed by atoms with Crippen molar-refractivity contribution in [3.8, 4) is 5.69 Å². The van der Waals surface area contributed by atoms with Crippen LogP contribution in [0.1, 0.15) is 48.1 Å². The molecule has 1 N–H and O–H groups in total. The van der Waals surface area contributed by atoms with Gasteiger partial charge in [0.15, 0.2) is 5.78 Å². The summed E-state index contributed by atoms with van der Waals surface area (Å²) in [6, 6.07) is 9.52. The van der Waals surface area contributed by atoms with Gasteiger partial charge in [0, 0.05) is 11.8 Å². The van der Waals surface area contributed by atoms with Crippen molar-refractivity contribution in [2.45, 2.75) is 32.9 Å². The molecule has 1 atom stereocenters. The molecule has 2 aromatic heterocycles. The van der Waals surface area contributed by atoms with Crippen molar-refractivity contribution in [3.63, 3.8) is 0 Å². The second-order valence-corrected chi connectivity index (χ2v) is 7.03. The molecule has 7 nitrogen and oxygen atoms in total. The van der Waals surface area contributed by atoms with E-state index in [2.05, 4.69) is 15.4 Å². The van der Waals surface area contributed by atoms with Gasteiger partial charge in [0.05, 0.1) is 35.9 Å². The molecule has 0 saturated carbocycles. The van der Waals surface area contributed by atoms with Crippen LogP contribution in [0, 0.1) is 5.41 Å². The second-order valence-electron chi connectivity index (χ2n) is 7.03. The summed E-state index contributed by atoms with van der Waals surface area (Å²) in [6.45, 7) is 3.92. The van der Waals surface area contributed by atoms with Crippen LogP contribution in [0.5, 0.6) is 0 Å². The highest BCUT2D eigenvalue weighted by Crippen LogP contribution is 2.46. The van der Waals surface area contributed by atoms with Crippen LogP contribution >= 0.6 is 0 Å². The molecule has 25 heavy (non-hydrogen) atoms. The number of rotatable bonds is 3. The molecule has 2 heterocycles. The lowest BCUT2D eigenvalue weighted by molar-refractivity contribution is 0.0855. The number of benzene rings is 1. The zero-order chi connectivity index (χ0) is 17.6. The molecule has 0 fully saturated rings. The van der Waals surface area contributed by atoms with Gasteiger partial charge in [0.2, 0.25) is 0 Å². The van der Waals surface area contributed by atoms with Crippen molar-refractivity contribution >= 4 is 5.78 Å². The van der Waals surface area contributed by atoms with E-state index in [0.717, 1.165) is 11.4 Å². The Hall–Kier alpha value is -2.80. The number of hydrogen-bond donors (Lipinski definition) is 1. The average molecular weight is 337 g/mol. The molecule has 1 aromatic carbocycles. The summed E-state index contributed by atoms with van der Waals surface area (Å²) in [4.78, 5) is 12.6. The molecular formula is C18H19N5O2. The van der Waals surface area contributed by atoms with E-state index < -0.39 is 0 Å². The number of ketones is 1. The summed E-state index contributed by atoms with van der Waals surface area (Å²) in [6.07, 6.45) is 3.77. The van der Waals surface area contributed by atoms with E-state index in [0.29, 0.717) is 17.7 Å². The Labute approximate surface area is 144 Å². The fourth-order valence-electron chi connectivity index (χ4n) is 3.58. The first-order valence-electron chi connectivity index (χ1n) is 8.19. The third kappa shape index (κ3) is 2.47. The first kappa shape index (κ1) is 15.7. The lowest BCUT2D eigenvalue weighted by Crippen LogP contribution is -2.37. The van der Waals surface area contributed by atoms with Gasteiger partial charge < -0.3 is 5.11 Å². The van der Waals surface area contributed by atoms with E-state index >= 15 is 0 Å². The predicted octanol–water partition coefficient (Wildman–Crippen LogP) is 2.16. The predicted molar refractivity (Wildman–Crippen MR) is 90.4 cm³/mol. The maximum absolute atomic E-state index is 12.6. The molecule has 1 aliphatic carbocycles. The molecule has 0 amide bonds. The lowest BCUT2D eigenvalue weighted by atomic mass is 9.72. The minimum atomic E-state index is -0.364. The Bertz CT molecular complexity index is 926. The average Bonchev–Trinajstić information content (AvgIpc) is 3.22. The van der Waals surface area contributed by atoms with Crippen LogP contribution in [0.15, 0.2) is 42.7 Å². The van der Waals surface area contributed by atoms with Crippen molar-refractivity contribution in [2.24, 2.45) is 5.41 Å². The Balaban J connectivity index is 1.94. The molecule has 0 radical (unpaired) electrons. The number of hydrogen-bond acceptors (Lipinski definition) is 5. The molecule has 4 rings (SSSR count). The standard InChI is InChI=1S/C18H19N5O2/c1-18(2)8-15(25)14-9-19-23(13-6-4-3-5-7-13)16(14)17(18)22-10-12(11-24)20-21-22/h3-7,9-10,17,24H,8,11H2,1-2H3. The Morgan fingerprint density at radius 1 is 1.28 bits per heavy atom. The molecule has 3 aromatic rings. The maximum atomic E-state index is 12.6. The number of aromatic nitrogens is 5. The highest BCUT2D eigenvalue weighted by atomic mass is 16.3. The molecule has 0 bridgehead atoms. The Kier molecular flexibility index (Phi) is 3.54. The van der Waals surface area contributed by atoms with Gasteiger partial charge in [-0.3, -0.25) is 4.79 Å². The minimum absolute atomic E-state index is 0.0842. The Morgan fingerprint density at radius 2 is 2.04 bits per heavy atom. The number of nitrogens with zero attached hydrogens (tertiary/aromatic N) is 5. The van der Waals surface area contributed by atoms with Gasteiger partial charge in [-0.05, 0) is 12.1 Å². The molecule has 1 aliphatic rings. The van der Waals surface area contributed by atoms with Gasteiger partial charge >= 0.3 is 0 Å². The van der Waals surface area contributed by atoms with Gasteiger partial charge in [0.25, 0.3) is 0 Å². The second kappa shape index (κ2) is 5.63. The largest absolute Gasteiger partial charge is 0.390 e. The number of Topliss-reactive ketones (excluding diaryl/α,β-unsaturated/α-hetero) is 1. The monoisotopic (exact) mass is 337 g/mol. The zero-order valence-corrected chi connectivity index (χ0v) is 14.1. The first-order chi connectivity index (χ1) is 12.0. The van der Waals surface area contributed by atoms with Gasteiger partial charge in [-0.25, -0.2) is 9.36 Å². The summed E-state index contributed by atoms with van der Waals surface area (Å²) < 4.78 is 3.54. The van der Waals surface area contributed by atoms with E-state index in [4.69, 9.17) is 0 Å². The number of fused-ring (bicyclic) bond motifs is 1. The van der Waals surface area contributed by atoms with E-state index in [9.17, 15) is 9.90 Å². The van der Waals surface area contributed by atoms with E-state index in [1.54, 1.807) is 21.8 Å². The number of para-hydroxylation sites is 1. The van der Waals surface area contributed by atoms with Crippen LogP contribution in [-0.4, -0.2) is 35.7 Å². The van der Waals surface area contributed by atoms with Crippen LogP contribution < -0.4 is 0 Å². The lowest BCUT2D eigenvalue weighted by Gasteiger charge is -2.37. The number of carbonyl (C=O) groups excluding carboxylic acids is 1. The summed E-state index contributed by atoms with van der Waals surface area (Å²) in [5, 5.41) is 22.0. The fourth-order valence-corrected chi connectivity index (χ4v) is 3.58. The maximum Gasteiger partial charge on any atom is 0.167 e. The van der Waals surface area contributed by atoms with Crippen molar-refractivity contribution < 1.29 is 9.90 Å². The van der Waals surface area contributed by atoms with Crippen molar-refractivity contribution in [3.05, 3.63) is 59.7 Å². The van der Waals surface area contributed by atoms with Gasteiger partial charge in [-0.15, -0.1) is 5.10 Å². The smallest absolute Gasteiger partial charge is 0.167 e. The number of aliphatic hydroxyl groups is 1. The summed E-state index contributed by atoms with van der Waals surface area (Å²) in [5.41, 5.74) is 2.45. The highest BCUT2D eigenvalue weighted by Gasteiger charge is 2.44. The number of carbonyl (C=O) groups is 1. The molecular weight excluding hydrogens is 318 g/mol. The summed E-state index contributed by atoms with van der Waals surface area (Å²) >= 11 is 0. The van der Waals surface area contributed by atoms with Crippen molar-refractivity contribution in [2.75, 3.05) is 0 Å². The quantitative estimate of drug-likeness (QED) is 0.791. The molecule has 7 heteroatoms. The molecule has 0 saturated heterocycles. The third-order valence-electron chi connectivity index (χ3n) is 4.71. The summed E-state index contributed by atoms with van der Waals surface area (Å²) in [5.74, 6) is 0.0842. The van der Waals surface area contributed by atoms with Crippen LogP contribution in [0.25, 0.3) is 5.69 Å². The van der Waals surface area contributed by atoms with E-state index in [-0.39, 0.29) is 23.8 Å². The van der Waals surface area contributed by atoms with Crippen LogP contribution in [0.4, 0.5) is 0 Å². The molecule has 1 unspecified atom stereocenters. The van der Waals surface area contributed by atoms with Gasteiger partial charge in [-0.2, -0.15) is 5.10 Å². The minimum Gasteiger partial charge on any atom is -0.390 e. The number of aliphatic hydroxyl groups excluding tert-OH is 1. The zero-order valence-electron chi connectivity index (χ0n) is 14.1. The van der Waals surface area contributed by atoms with Crippen LogP contribution in [0.3, 0.4) is 0 Å². The molecule has 128 valence electrons. The Morgan fingerprint density at radius 3 is 2.72 bits per heavy atom. The van der Waals surface area contributed by atoms with Crippen molar-refractivity contribution in [1.82, 2.24) is 24.8 Å². The fraction of sp³-hybridized carbons (Fsp3) is 0.333. The van der Waals surface area contributed by atoms with E-state index in [1.165, 1.54) is 0 Å². The molecule has 0 spiro atoms. The first-order valence-corrected chi connectivity index (χ1v) is 8.19. The SMILES string of the molecule is CC1(C)CC(=O)c2cnn(-c3ccccc3)c2C1n1cc(CO)nn1. The highest BCUT2D eigenvalue weighted by molar-refractivity contribution is 5.99. The summed E-state index contributed by atoms with van der Waals surface area (Å²) in [7, 11) is 0. The van der Waals surface area contributed by atoms with Crippen LogP contribution in [-0.2, 0) is 6.61 Å².